The predicted octanol–water partition coefficient (Wildman–Crippen LogP) is 4.32. The summed E-state index contributed by atoms with van der Waals surface area (Å²) < 4.78 is 5.40. The summed E-state index contributed by atoms with van der Waals surface area (Å²) in [6.07, 6.45) is 2.45. The Morgan fingerprint density at radius 3 is 2.80 bits per heavy atom. The number of benzene rings is 1. The van der Waals surface area contributed by atoms with Gasteiger partial charge in [-0.25, -0.2) is 0 Å². The fraction of sp³-hybridized carbons (Fsp3) is 0.562. The number of aliphatic imine (C=N–C) groups is 1. The van der Waals surface area contributed by atoms with Crippen LogP contribution in [0.2, 0.25) is 0 Å². The van der Waals surface area contributed by atoms with Gasteiger partial charge in [0.2, 0.25) is 0 Å². The van der Waals surface area contributed by atoms with Crippen molar-refractivity contribution >= 4 is 22.6 Å². The van der Waals surface area contributed by atoms with Crippen molar-refractivity contribution in [3.8, 4) is 5.75 Å². The Morgan fingerprint density at radius 1 is 1.40 bits per heavy atom. The zero-order valence-electron chi connectivity index (χ0n) is 12.8. The van der Waals surface area contributed by atoms with E-state index in [1.165, 1.54) is 18.4 Å². The van der Waals surface area contributed by atoms with Crippen LogP contribution < -0.4 is 10.1 Å². The molecule has 0 radical (unpaired) electrons. The molecule has 1 aromatic rings. The smallest absolute Gasteiger partial charge is 0.161 e. The van der Waals surface area contributed by atoms with Crippen LogP contribution in [0.4, 0.5) is 5.69 Å². The molecule has 0 bridgehead atoms. The molecule has 1 unspecified atom stereocenters. The fourth-order valence-corrected chi connectivity index (χ4v) is 3.89. The molecule has 2 rings (SSSR count). The van der Waals surface area contributed by atoms with E-state index in [0.29, 0.717) is 5.25 Å². The lowest BCUT2D eigenvalue weighted by atomic mass is 9.99. The van der Waals surface area contributed by atoms with E-state index in [-0.39, 0.29) is 0 Å². The first-order valence-electron chi connectivity index (χ1n) is 7.30. The maximum atomic E-state index is 5.40. The van der Waals surface area contributed by atoms with E-state index in [0.717, 1.165) is 29.1 Å². The summed E-state index contributed by atoms with van der Waals surface area (Å²) in [5, 5.41) is 5.06. The highest BCUT2D eigenvalue weighted by atomic mass is 32.2. The minimum atomic E-state index is 0.614. The van der Waals surface area contributed by atoms with Gasteiger partial charge in [-0.15, -0.1) is 0 Å². The highest BCUT2D eigenvalue weighted by molar-refractivity contribution is 8.15. The molecule has 110 valence electrons. The van der Waals surface area contributed by atoms with Crippen LogP contribution in [0.1, 0.15) is 32.3 Å². The first kappa shape index (κ1) is 15.2. The Balaban J connectivity index is 2.03. The Kier molecular flexibility index (Phi) is 5.35. The number of ether oxygens (including phenoxy) is 1. The minimum absolute atomic E-state index is 0.614. The first-order chi connectivity index (χ1) is 9.67. The Hall–Kier alpha value is -1.16. The van der Waals surface area contributed by atoms with Gasteiger partial charge in [0.05, 0.1) is 19.3 Å². The van der Waals surface area contributed by atoms with Gasteiger partial charge in [0, 0.05) is 5.25 Å². The van der Waals surface area contributed by atoms with Crippen LogP contribution in [-0.4, -0.2) is 24.1 Å². The van der Waals surface area contributed by atoms with Crippen LogP contribution in [0.15, 0.2) is 23.2 Å². The molecule has 1 N–H and O–H groups in total. The van der Waals surface area contributed by atoms with Gasteiger partial charge in [-0.3, -0.25) is 4.99 Å². The summed E-state index contributed by atoms with van der Waals surface area (Å²) >= 11 is 1.87. The molecular weight excluding hydrogens is 268 g/mol. The van der Waals surface area contributed by atoms with Gasteiger partial charge in [0.25, 0.3) is 0 Å². The number of rotatable bonds is 5. The van der Waals surface area contributed by atoms with Gasteiger partial charge in [0.1, 0.15) is 5.75 Å². The Bertz CT molecular complexity index is 483. The van der Waals surface area contributed by atoms with Gasteiger partial charge >= 0.3 is 0 Å². The molecule has 20 heavy (non-hydrogen) atoms. The van der Waals surface area contributed by atoms with Crippen LogP contribution in [0.3, 0.4) is 0 Å². The summed E-state index contributed by atoms with van der Waals surface area (Å²) in [5.74, 6) is 1.62. The van der Waals surface area contributed by atoms with Gasteiger partial charge in [-0.05, 0) is 30.5 Å². The second kappa shape index (κ2) is 7.02. The fourth-order valence-electron chi connectivity index (χ4n) is 2.55. The molecule has 0 saturated heterocycles. The lowest BCUT2D eigenvalue weighted by molar-refractivity contribution is 0.417. The summed E-state index contributed by atoms with van der Waals surface area (Å²) in [7, 11) is 1.70. The third kappa shape index (κ3) is 3.48. The zero-order chi connectivity index (χ0) is 14.5. The summed E-state index contributed by atoms with van der Waals surface area (Å²) in [5.41, 5.74) is 2.22. The Labute approximate surface area is 126 Å². The number of aryl methyl sites for hydroxylation is 1. The average Bonchev–Trinajstić information content (AvgIpc) is 2.89. The average molecular weight is 292 g/mol. The van der Waals surface area contributed by atoms with Crippen LogP contribution in [-0.2, 0) is 0 Å². The quantitative estimate of drug-likeness (QED) is 0.877. The van der Waals surface area contributed by atoms with Crippen molar-refractivity contribution in [2.75, 3.05) is 19.0 Å². The highest BCUT2D eigenvalue weighted by Gasteiger charge is 2.26. The lowest BCUT2D eigenvalue weighted by Gasteiger charge is -2.19. The molecule has 1 aromatic carbocycles. The van der Waals surface area contributed by atoms with Crippen molar-refractivity contribution in [1.82, 2.24) is 0 Å². The summed E-state index contributed by atoms with van der Waals surface area (Å²) in [4.78, 5) is 4.65. The van der Waals surface area contributed by atoms with E-state index in [4.69, 9.17) is 4.74 Å². The molecule has 1 aliphatic heterocycles. The van der Waals surface area contributed by atoms with Crippen LogP contribution in [0, 0.1) is 12.8 Å². The first-order valence-corrected chi connectivity index (χ1v) is 8.18. The molecule has 0 fully saturated rings. The molecule has 0 aliphatic carbocycles. The minimum Gasteiger partial charge on any atom is -0.495 e. The summed E-state index contributed by atoms with van der Waals surface area (Å²) in [6.45, 7) is 7.54. The molecule has 0 saturated carbocycles. The number of amidine groups is 1. The van der Waals surface area contributed by atoms with Crippen molar-refractivity contribution in [1.29, 1.82) is 0 Å². The van der Waals surface area contributed by atoms with Crippen molar-refractivity contribution in [3.05, 3.63) is 23.8 Å². The normalized spacial score (nSPS) is 18.2. The number of hydrogen-bond acceptors (Lipinski definition) is 4. The Morgan fingerprint density at radius 2 is 2.15 bits per heavy atom. The monoisotopic (exact) mass is 292 g/mol. The van der Waals surface area contributed by atoms with E-state index in [9.17, 15) is 0 Å². The zero-order valence-corrected chi connectivity index (χ0v) is 13.6. The topological polar surface area (TPSA) is 33.6 Å². The molecule has 0 spiro atoms. The highest BCUT2D eigenvalue weighted by Crippen LogP contribution is 2.33. The van der Waals surface area contributed by atoms with E-state index in [2.05, 4.69) is 43.2 Å². The lowest BCUT2D eigenvalue weighted by Crippen LogP contribution is -2.17. The number of hydrogen-bond donors (Lipinski definition) is 1. The molecular formula is C16H24N2OS. The van der Waals surface area contributed by atoms with Crippen molar-refractivity contribution in [2.45, 2.75) is 38.9 Å². The number of thioether (sulfide) groups is 1. The van der Waals surface area contributed by atoms with Gasteiger partial charge in [0.15, 0.2) is 5.17 Å². The number of nitrogens with zero attached hydrogens (tertiary/aromatic N) is 1. The number of methoxy groups -OCH3 is 1. The third-order valence-electron chi connectivity index (χ3n) is 3.85. The molecule has 4 heteroatoms. The number of nitrogens with one attached hydrogen (secondary N) is 1. The van der Waals surface area contributed by atoms with Crippen molar-refractivity contribution in [2.24, 2.45) is 10.9 Å². The molecule has 1 atom stereocenters. The van der Waals surface area contributed by atoms with E-state index in [1.54, 1.807) is 7.11 Å². The van der Waals surface area contributed by atoms with Gasteiger partial charge < -0.3 is 10.1 Å². The van der Waals surface area contributed by atoms with Crippen molar-refractivity contribution < 1.29 is 4.74 Å². The maximum Gasteiger partial charge on any atom is 0.161 e. The second-order valence-electron chi connectivity index (χ2n) is 5.21. The third-order valence-corrected chi connectivity index (χ3v) is 5.14. The predicted molar refractivity (Wildman–Crippen MR) is 89.1 cm³/mol. The maximum absolute atomic E-state index is 5.40. The molecule has 0 aromatic heterocycles. The molecule has 3 nitrogen and oxygen atoms in total. The van der Waals surface area contributed by atoms with Crippen LogP contribution in [0.25, 0.3) is 0 Å². The van der Waals surface area contributed by atoms with E-state index in [1.807, 2.05) is 17.8 Å². The number of anilines is 1. The van der Waals surface area contributed by atoms with Crippen molar-refractivity contribution in [3.63, 3.8) is 0 Å². The standard InChI is InChI=1S/C16H24N2OS/c1-5-12(6-2)15-10-17-16(20-15)18-13-9-11(3)7-8-14(13)19-4/h7-9,12,15H,5-6,10H2,1-4H3,(H,17,18). The van der Waals surface area contributed by atoms with Gasteiger partial charge in [-0.1, -0.05) is 44.5 Å². The molecule has 1 heterocycles. The van der Waals surface area contributed by atoms with E-state index >= 15 is 0 Å². The van der Waals surface area contributed by atoms with E-state index < -0.39 is 0 Å². The van der Waals surface area contributed by atoms with Crippen LogP contribution >= 0.6 is 11.8 Å². The molecule has 0 amide bonds. The van der Waals surface area contributed by atoms with Gasteiger partial charge in [-0.2, -0.15) is 0 Å². The SMILES string of the molecule is CCC(CC)C1CN=C(Nc2cc(C)ccc2OC)S1. The second-order valence-corrected chi connectivity index (χ2v) is 6.44. The molecule has 1 aliphatic rings. The summed E-state index contributed by atoms with van der Waals surface area (Å²) in [6, 6.07) is 6.16. The van der Waals surface area contributed by atoms with Crippen LogP contribution in [0.5, 0.6) is 5.75 Å². The largest absolute Gasteiger partial charge is 0.495 e.